The summed E-state index contributed by atoms with van der Waals surface area (Å²) in [7, 11) is 0. The van der Waals surface area contributed by atoms with E-state index in [9.17, 15) is 14.7 Å². The Morgan fingerprint density at radius 2 is 2.16 bits per heavy atom. The molecule has 0 radical (unpaired) electrons. The van der Waals surface area contributed by atoms with Gasteiger partial charge in [0.2, 0.25) is 5.91 Å². The van der Waals surface area contributed by atoms with Crippen molar-refractivity contribution in [2.45, 2.75) is 56.9 Å². The number of thioether (sulfide) groups is 1. The van der Waals surface area contributed by atoms with Crippen molar-refractivity contribution in [3.05, 3.63) is 0 Å². The molecule has 0 aliphatic carbocycles. The number of carbonyl (C=O) groups excluding carboxylic acids is 1. The van der Waals surface area contributed by atoms with Gasteiger partial charge in [0, 0.05) is 5.25 Å². The zero-order valence-corrected chi connectivity index (χ0v) is 12.4. The van der Waals surface area contributed by atoms with Crippen LogP contribution in [0, 0.1) is 5.92 Å². The summed E-state index contributed by atoms with van der Waals surface area (Å²) in [5.74, 6) is 0.0637. The maximum Gasteiger partial charge on any atom is 0.326 e. The summed E-state index contributed by atoms with van der Waals surface area (Å²) in [5.41, 5.74) is 5.76. The predicted molar refractivity (Wildman–Crippen MR) is 77.1 cm³/mol. The van der Waals surface area contributed by atoms with Crippen molar-refractivity contribution in [2.24, 2.45) is 11.7 Å². The fourth-order valence-corrected chi connectivity index (χ4v) is 3.54. The van der Waals surface area contributed by atoms with E-state index >= 15 is 0 Å². The summed E-state index contributed by atoms with van der Waals surface area (Å²) in [6, 6.07) is -1.45. The van der Waals surface area contributed by atoms with Gasteiger partial charge in [-0.05, 0) is 37.4 Å². The quantitative estimate of drug-likeness (QED) is 0.655. The van der Waals surface area contributed by atoms with Crippen molar-refractivity contribution >= 4 is 23.6 Å². The Labute approximate surface area is 118 Å². The van der Waals surface area contributed by atoms with Crippen LogP contribution in [0.25, 0.3) is 0 Å². The monoisotopic (exact) mass is 288 g/mol. The van der Waals surface area contributed by atoms with Crippen LogP contribution in [-0.2, 0) is 9.59 Å². The molecule has 5 nitrogen and oxygen atoms in total. The zero-order chi connectivity index (χ0) is 14.4. The molecule has 0 spiro atoms. The van der Waals surface area contributed by atoms with E-state index in [1.165, 1.54) is 0 Å². The molecule has 1 heterocycles. The maximum atomic E-state index is 11.9. The standard InChI is InChI=1S/C13H24N2O3S/c1-8(2)6-10(14)12(16)15-11(13(17)18)7-9-4-3-5-19-9/h8-11H,3-7,14H2,1-2H3,(H,15,16)(H,17,18). The molecule has 1 amide bonds. The van der Waals surface area contributed by atoms with Crippen molar-refractivity contribution in [1.82, 2.24) is 5.32 Å². The Bertz CT molecular complexity index is 317. The number of nitrogens with one attached hydrogen (secondary N) is 1. The third kappa shape index (κ3) is 5.82. The fraction of sp³-hybridized carbons (Fsp3) is 0.846. The van der Waals surface area contributed by atoms with Crippen LogP contribution < -0.4 is 11.1 Å². The Morgan fingerprint density at radius 1 is 1.47 bits per heavy atom. The summed E-state index contributed by atoms with van der Waals surface area (Å²) in [6.07, 6.45) is 3.21. The van der Waals surface area contributed by atoms with E-state index in [-0.39, 0.29) is 5.91 Å². The van der Waals surface area contributed by atoms with Crippen molar-refractivity contribution in [2.75, 3.05) is 5.75 Å². The highest BCUT2D eigenvalue weighted by atomic mass is 32.2. The first kappa shape index (κ1) is 16.3. The number of hydrogen-bond donors (Lipinski definition) is 3. The molecule has 6 heteroatoms. The van der Waals surface area contributed by atoms with Crippen LogP contribution in [0.3, 0.4) is 0 Å². The largest absolute Gasteiger partial charge is 0.480 e. The van der Waals surface area contributed by atoms with Gasteiger partial charge in [-0.1, -0.05) is 13.8 Å². The molecule has 19 heavy (non-hydrogen) atoms. The van der Waals surface area contributed by atoms with Gasteiger partial charge in [0.1, 0.15) is 6.04 Å². The average molecular weight is 288 g/mol. The third-order valence-electron chi connectivity index (χ3n) is 3.20. The van der Waals surface area contributed by atoms with Crippen LogP contribution in [-0.4, -0.2) is 40.1 Å². The van der Waals surface area contributed by atoms with Crippen LogP contribution >= 0.6 is 11.8 Å². The van der Waals surface area contributed by atoms with Crippen LogP contribution in [0.15, 0.2) is 0 Å². The Kier molecular flexibility index (Phi) is 6.65. The van der Waals surface area contributed by atoms with E-state index in [4.69, 9.17) is 5.73 Å². The second-order valence-corrected chi connectivity index (χ2v) is 6.91. The minimum atomic E-state index is -0.974. The molecular formula is C13H24N2O3S. The molecule has 3 atom stereocenters. The van der Waals surface area contributed by atoms with E-state index in [1.54, 1.807) is 11.8 Å². The highest BCUT2D eigenvalue weighted by Crippen LogP contribution is 2.29. The van der Waals surface area contributed by atoms with Gasteiger partial charge in [-0.2, -0.15) is 11.8 Å². The highest BCUT2D eigenvalue weighted by Gasteiger charge is 2.28. The lowest BCUT2D eigenvalue weighted by Crippen LogP contribution is -2.49. The van der Waals surface area contributed by atoms with E-state index in [0.29, 0.717) is 24.0 Å². The van der Waals surface area contributed by atoms with Gasteiger partial charge >= 0.3 is 5.97 Å². The molecule has 1 rings (SSSR count). The van der Waals surface area contributed by atoms with Crippen molar-refractivity contribution in [3.63, 3.8) is 0 Å². The topological polar surface area (TPSA) is 92.4 Å². The lowest BCUT2D eigenvalue weighted by molar-refractivity contribution is -0.142. The number of carbonyl (C=O) groups is 2. The molecule has 0 saturated carbocycles. The fourth-order valence-electron chi connectivity index (χ4n) is 2.21. The van der Waals surface area contributed by atoms with E-state index in [2.05, 4.69) is 5.32 Å². The van der Waals surface area contributed by atoms with E-state index in [0.717, 1.165) is 18.6 Å². The van der Waals surface area contributed by atoms with Gasteiger partial charge < -0.3 is 16.2 Å². The average Bonchev–Trinajstić information content (AvgIpc) is 2.79. The molecule has 3 unspecified atom stereocenters. The van der Waals surface area contributed by atoms with Crippen molar-refractivity contribution in [3.8, 4) is 0 Å². The summed E-state index contributed by atoms with van der Waals surface area (Å²) in [6.45, 7) is 3.97. The maximum absolute atomic E-state index is 11.9. The SMILES string of the molecule is CC(C)CC(N)C(=O)NC(CC1CCCS1)C(=O)O. The van der Waals surface area contributed by atoms with Crippen LogP contribution in [0.5, 0.6) is 0 Å². The van der Waals surface area contributed by atoms with Crippen molar-refractivity contribution < 1.29 is 14.7 Å². The summed E-state index contributed by atoms with van der Waals surface area (Å²) < 4.78 is 0. The first-order valence-corrected chi connectivity index (χ1v) is 7.85. The lowest BCUT2D eigenvalue weighted by atomic mass is 10.0. The van der Waals surface area contributed by atoms with Gasteiger partial charge in [-0.25, -0.2) is 4.79 Å². The zero-order valence-electron chi connectivity index (χ0n) is 11.6. The molecule has 1 aliphatic heterocycles. The molecule has 1 aliphatic rings. The molecule has 0 aromatic heterocycles. The Balaban J connectivity index is 2.47. The van der Waals surface area contributed by atoms with E-state index in [1.807, 2.05) is 13.8 Å². The van der Waals surface area contributed by atoms with Crippen molar-refractivity contribution in [1.29, 1.82) is 0 Å². The molecule has 1 fully saturated rings. The summed E-state index contributed by atoms with van der Waals surface area (Å²) in [5, 5.41) is 12.1. The molecule has 4 N–H and O–H groups in total. The van der Waals surface area contributed by atoms with E-state index < -0.39 is 18.1 Å². The van der Waals surface area contributed by atoms with Crippen LogP contribution in [0.2, 0.25) is 0 Å². The lowest BCUT2D eigenvalue weighted by Gasteiger charge is -2.20. The smallest absolute Gasteiger partial charge is 0.326 e. The number of nitrogens with two attached hydrogens (primary N) is 1. The highest BCUT2D eigenvalue weighted by molar-refractivity contribution is 8.00. The summed E-state index contributed by atoms with van der Waals surface area (Å²) in [4.78, 5) is 23.1. The van der Waals surface area contributed by atoms with Gasteiger partial charge in [-0.3, -0.25) is 4.79 Å². The third-order valence-corrected chi connectivity index (χ3v) is 4.62. The first-order chi connectivity index (χ1) is 8.90. The molecule has 0 bridgehead atoms. The predicted octanol–water partition coefficient (Wildman–Crippen LogP) is 1.21. The number of carboxylic acid groups (broad SMARTS) is 1. The Morgan fingerprint density at radius 3 is 2.63 bits per heavy atom. The number of carboxylic acids is 1. The van der Waals surface area contributed by atoms with Crippen LogP contribution in [0.4, 0.5) is 0 Å². The van der Waals surface area contributed by atoms with Crippen LogP contribution in [0.1, 0.15) is 39.5 Å². The number of hydrogen-bond acceptors (Lipinski definition) is 4. The molecular weight excluding hydrogens is 264 g/mol. The molecule has 0 aromatic carbocycles. The second kappa shape index (κ2) is 7.75. The second-order valence-electron chi connectivity index (χ2n) is 5.51. The van der Waals surface area contributed by atoms with Gasteiger partial charge in [-0.15, -0.1) is 0 Å². The number of rotatable bonds is 7. The first-order valence-electron chi connectivity index (χ1n) is 6.80. The summed E-state index contributed by atoms with van der Waals surface area (Å²) >= 11 is 1.79. The van der Waals surface area contributed by atoms with Gasteiger partial charge in [0.25, 0.3) is 0 Å². The molecule has 0 aromatic rings. The minimum Gasteiger partial charge on any atom is -0.480 e. The molecule has 110 valence electrons. The Hall–Kier alpha value is -0.750. The van der Waals surface area contributed by atoms with Gasteiger partial charge in [0.15, 0.2) is 0 Å². The normalized spacial score (nSPS) is 22.2. The number of aliphatic carboxylic acids is 1. The van der Waals surface area contributed by atoms with Gasteiger partial charge in [0.05, 0.1) is 6.04 Å². The molecule has 1 saturated heterocycles. The number of amides is 1. The minimum absolute atomic E-state index is 0.314.